The Morgan fingerprint density at radius 1 is 1.11 bits per heavy atom. The molecule has 0 unspecified atom stereocenters. The van der Waals surface area contributed by atoms with Gasteiger partial charge >= 0.3 is 0 Å². The zero-order valence-corrected chi connectivity index (χ0v) is 17.0. The van der Waals surface area contributed by atoms with Gasteiger partial charge in [-0.3, -0.25) is 0 Å². The summed E-state index contributed by atoms with van der Waals surface area (Å²) in [5, 5.41) is 6.21. The Kier molecular flexibility index (Phi) is 6.72. The molecule has 2 aromatic carbocycles. The molecule has 1 fully saturated rings. The summed E-state index contributed by atoms with van der Waals surface area (Å²) in [6.45, 7) is 11.1. The molecule has 2 aromatic rings. The number of hydrogen-bond acceptors (Lipinski definition) is 2. The van der Waals surface area contributed by atoms with Gasteiger partial charge in [-0.25, -0.2) is 0 Å². The number of hydrogen-bond donors (Lipinski definition) is 1. The third-order valence-corrected chi connectivity index (χ3v) is 5.26. The van der Waals surface area contributed by atoms with Crippen LogP contribution in [0.25, 0.3) is 10.8 Å². The van der Waals surface area contributed by atoms with Gasteiger partial charge in [-0.15, -0.1) is 0 Å². The van der Waals surface area contributed by atoms with Gasteiger partial charge in [-0.1, -0.05) is 60.4 Å². The molecule has 0 aromatic heterocycles. The fourth-order valence-electron chi connectivity index (χ4n) is 3.88. The fraction of sp³-hybridized carbons (Fsp3) is 0.440. The molecule has 2 nitrogen and oxygen atoms in total. The summed E-state index contributed by atoms with van der Waals surface area (Å²) in [6, 6.07) is 15.4. The third kappa shape index (κ3) is 5.70. The predicted molar refractivity (Wildman–Crippen MR) is 117 cm³/mol. The summed E-state index contributed by atoms with van der Waals surface area (Å²) < 4.78 is 0. The number of nitrogens with zero attached hydrogens (tertiary/aromatic N) is 1. The average Bonchev–Trinajstić information content (AvgIpc) is 3.16. The number of likely N-dealkylation sites (tertiary alicyclic amines) is 1. The molecule has 1 saturated heterocycles. The molecule has 142 valence electrons. The van der Waals surface area contributed by atoms with Gasteiger partial charge in [0.25, 0.3) is 0 Å². The van der Waals surface area contributed by atoms with Gasteiger partial charge in [0, 0.05) is 24.5 Å². The zero-order valence-electron chi connectivity index (χ0n) is 17.0. The summed E-state index contributed by atoms with van der Waals surface area (Å²) >= 11 is 0. The van der Waals surface area contributed by atoms with E-state index in [9.17, 15) is 0 Å². The molecule has 0 radical (unpaired) electrons. The van der Waals surface area contributed by atoms with Crippen LogP contribution >= 0.6 is 0 Å². The molecule has 0 saturated carbocycles. The lowest BCUT2D eigenvalue weighted by Crippen LogP contribution is -2.31. The van der Waals surface area contributed by atoms with E-state index in [2.05, 4.69) is 91.4 Å². The lowest BCUT2D eigenvalue weighted by Gasteiger charge is -2.24. The van der Waals surface area contributed by atoms with Crippen LogP contribution in [-0.4, -0.2) is 31.1 Å². The minimum Gasteiger partial charge on any atom is -0.307 e. The monoisotopic (exact) mass is 360 g/mol. The molecule has 1 N–H and O–H groups in total. The Bertz CT molecular complexity index is 827. The molecule has 0 spiro atoms. The van der Waals surface area contributed by atoms with Crippen molar-refractivity contribution in [1.82, 2.24) is 10.2 Å². The average molecular weight is 361 g/mol. The van der Waals surface area contributed by atoms with Crippen molar-refractivity contribution in [1.29, 1.82) is 0 Å². The van der Waals surface area contributed by atoms with Crippen molar-refractivity contribution in [2.24, 2.45) is 5.41 Å². The summed E-state index contributed by atoms with van der Waals surface area (Å²) in [7, 11) is 0. The van der Waals surface area contributed by atoms with Crippen LogP contribution in [0.15, 0.2) is 54.6 Å². The lowest BCUT2D eigenvalue weighted by atomic mass is 9.94. The lowest BCUT2D eigenvalue weighted by molar-refractivity contribution is 0.258. The number of nitrogens with one attached hydrogen (secondary N) is 1. The van der Waals surface area contributed by atoms with E-state index in [-0.39, 0.29) is 5.41 Å². The smallest absolute Gasteiger partial charge is 0.0388 e. The second-order valence-corrected chi connectivity index (χ2v) is 8.24. The van der Waals surface area contributed by atoms with E-state index in [0.29, 0.717) is 6.04 Å². The molecular formula is C25H32N2. The Morgan fingerprint density at radius 2 is 1.85 bits per heavy atom. The highest BCUT2D eigenvalue weighted by molar-refractivity contribution is 5.86. The number of rotatable bonds is 6. The highest BCUT2D eigenvalue weighted by Gasteiger charge is 2.21. The van der Waals surface area contributed by atoms with Crippen LogP contribution in [-0.2, 0) is 0 Å². The Hall–Kier alpha value is -2.08. The molecule has 0 bridgehead atoms. The van der Waals surface area contributed by atoms with Crippen molar-refractivity contribution in [3.05, 3.63) is 60.2 Å². The van der Waals surface area contributed by atoms with Gasteiger partial charge in [0.1, 0.15) is 0 Å². The molecule has 27 heavy (non-hydrogen) atoms. The summed E-state index contributed by atoms with van der Waals surface area (Å²) in [6.07, 6.45) is 6.79. The van der Waals surface area contributed by atoms with E-state index in [1.165, 1.54) is 42.3 Å². The summed E-state index contributed by atoms with van der Waals surface area (Å²) in [4.78, 5) is 2.53. The van der Waals surface area contributed by atoms with Gasteiger partial charge in [-0.05, 0) is 69.1 Å². The predicted octanol–water partition coefficient (Wildman–Crippen LogP) is 5.17. The molecule has 1 heterocycles. The number of benzene rings is 2. The van der Waals surface area contributed by atoms with Crippen LogP contribution in [0.5, 0.6) is 0 Å². The molecular weight excluding hydrogens is 328 g/mol. The van der Waals surface area contributed by atoms with Crippen molar-refractivity contribution >= 4 is 10.8 Å². The van der Waals surface area contributed by atoms with Crippen LogP contribution in [0.1, 0.15) is 45.2 Å². The van der Waals surface area contributed by atoms with E-state index in [1.54, 1.807) is 0 Å². The van der Waals surface area contributed by atoms with Gasteiger partial charge in [0.2, 0.25) is 0 Å². The van der Waals surface area contributed by atoms with Crippen LogP contribution in [0, 0.1) is 17.3 Å². The highest BCUT2D eigenvalue weighted by atomic mass is 15.1. The van der Waals surface area contributed by atoms with E-state index >= 15 is 0 Å². The first-order chi connectivity index (χ1) is 13.1. The van der Waals surface area contributed by atoms with Crippen LogP contribution in [0.4, 0.5) is 0 Å². The molecule has 0 amide bonds. The number of allylic oxidation sites excluding steroid dienone is 1. The van der Waals surface area contributed by atoms with Crippen LogP contribution in [0.2, 0.25) is 0 Å². The van der Waals surface area contributed by atoms with Gasteiger partial charge in [-0.2, -0.15) is 0 Å². The second kappa shape index (κ2) is 9.22. The Morgan fingerprint density at radius 3 is 2.67 bits per heavy atom. The first-order valence-electron chi connectivity index (χ1n) is 10.2. The summed E-state index contributed by atoms with van der Waals surface area (Å²) in [5.74, 6) is 6.67. The number of fused-ring (bicyclic) bond motifs is 1. The van der Waals surface area contributed by atoms with Crippen molar-refractivity contribution in [3.63, 3.8) is 0 Å². The maximum Gasteiger partial charge on any atom is 0.0388 e. The summed E-state index contributed by atoms with van der Waals surface area (Å²) in [5.41, 5.74) is 1.40. The minimum absolute atomic E-state index is 0.0539. The fourth-order valence-corrected chi connectivity index (χ4v) is 3.88. The topological polar surface area (TPSA) is 15.3 Å². The molecule has 2 heteroatoms. The van der Waals surface area contributed by atoms with E-state index < -0.39 is 0 Å². The van der Waals surface area contributed by atoms with Crippen molar-refractivity contribution in [2.75, 3.05) is 26.2 Å². The van der Waals surface area contributed by atoms with Crippen molar-refractivity contribution < 1.29 is 0 Å². The first-order valence-corrected chi connectivity index (χ1v) is 10.2. The van der Waals surface area contributed by atoms with Gasteiger partial charge in [0.05, 0.1) is 0 Å². The van der Waals surface area contributed by atoms with E-state index in [1.807, 2.05) is 6.08 Å². The van der Waals surface area contributed by atoms with E-state index in [0.717, 1.165) is 13.1 Å². The van der Waals surface area contributed by atoms with Crippen molar-refractivity contribution in [2.45, 2.75) is 39.7 Å². The van der Waals surface area contributed by atoms with E-state index in [4.69, 9.17) is 0 Å². The zero-order chi connectivity index (χ0) is 19.1. The largest absolute Gasteiger partial charge is 0.307 e. The van der Waals surface area contributed by atoms with Crippen LogP contribution in [0.3, 0.4) is 0 Å². The normalized spacial score (nSPS) is 16.6. The Balaban J connectivity index is 1.50. The Labute approximate surface area is 164 Å². The molecule has 1 atom stereocenters. The van der Waals surface area contributed by atoms with Crippen LogP contribution < -0.4 is 5.32 Å². The van der Waals surface area contributed by atoms with Gasteiger partial charge in [0.15, 0.2) is 0 Å². The minimum atomic E-state index is 0.0539. The third-order valence-electron chi connectivity index (χ3n) is 5.26. The highest BCUT2D eigenvalue weighted by Crippen LogP contribution is 2.24. The quantitative estimate of drug-likeness (QED) is 0.715. The SMILES string of the molecule is C[C@@H](NCC=CC#CC(C)(C)CN1CCCC1)c1cccc2ccccc12. The maximum absolute atomic E-state index is 3.58. The molecule has 3 rings (SSSR count). The molecule has 1 aliphatic rings. The first kappa shape index (κ1) is 19.7. The van der Waals surface area contributed by atoms with Crippen molar-refractivity contribution in [3.8, 4) is 11.8 Å². The molecule has 1 aliphatic heterocycles. The standard InChI is InChI=1S/C25H32N2/c1-21(23-15-11-13-22-12-5-6-14-24(22)23)26-17-8-4-7-16-25(2,3)20-27-18-9-10-19-27/h4-6,8,11-15,21,26H,9-10,17-20H2,1-3H3/t21-/m1/s1. The second-order valence-electron chi connectivity index (χ2n) is 8.24. The van der Waals surface area contributed by atoms with Gasteiger partial charge < -0.3 is 10.2 Å². The maximum atomic E-state index is 3.58. The molecule has 0 aliphatic carbocycles.